The van der Waals surface area contributed by atoms with E-state index >= 15 is 0 Å². The Kier molecular flexibility index (Phi) is 7.44. The van der Waals surface area contributed by atoms with Gasteiger partial charge in [0, 0.05) is 19.0 Å². The first-order valence-corrected chi connectivity index (χ1v) is 12.2. The number of aromatic hydroxyl groups is 1. The Hall–Kier alpha value is -4.32. The molecule has 2 aromatic carbocycles. The monoisotopic (exact) mass is 544 g/mol. The van der Waals surface area contributed by atoms with Crippen LogP contribution in [0.1, 0.15) is 26.8 Å². The molecule has 3 amide bonds. The molecular formula is C26H23F3N4O4S. The molecule has 0 bridgehead atoms. The molecule has 0 fully saturated rings. The van der Waals surface area contributed by atoms with Crippen LogP contribution in [-0.4, -0.2) is 52.9 Å². The number of rotatable bonds is 8. The van der Waals surface area contributed by atoms with Crippen LogP contribution in [0, 0.1) is 0 Å². The quantitative estimate of drug-likeness (QED) is 0.290. The Labute approximate surface area is 220 Å². The van der Waals surface area contributed by atoms with Crippen molar-refractivity contribution < 1.29 is 32.7 Å². The molecule has 198 valence electrons. The summed E-state index contributed by atoms with van der Waals surface area (Å²) in [4.78, 5) is 41.1. The maximum atomic E-state index is 14.0. The Morgan fingerprint density at radius 2 is 1.68 bits per heavy atom. The van der Waals surface area contributed by atoms with E-state index in [2.05, 4.69) is 10.6 Å². The van der Waals surface area contributed by atoms with Gasteiger partial charge in [0.05, 0.1) is 17.8 Å². The third-order valence-electron chi connectivity index (χ3n) is 5.73. The normalized spacial score (nSPS) is 14.6. The summed E-state index contributed by atoms with van der Waals surface area (Å²) < 4.78 is 42.1. The summed E-state index contributed by atoms with van der Waals surface area (Å²) in [5.41, 5.74) is -0.733. The zero-order valence-corrected chi connectivity index (χ0v) is 21.1. The molecule has 3 aromatic rings. The van der Waals surface area contributed by atoms with Crippen LogP contribution in [0.3, 0.4) is 0 Å². The van der Waals surface area contributed by atoms with E-state index in [1.807, 2.05) is 0 Å². The number of anilines is 1. The predicted octanol–water partition coefficient (Wildman–Crippen LogP) is 4.24. The van der Waals surface area contributed by atoms with Crippen molar-refractivity contribution in [1.29, 1.82) is 0 Å². The summed E-state index contributed by atoms with van der Waals surface area (Å²) in [5.74, 6) is -2.91. The van der Waals surface area contributed by atoms with E-state index in [9.17, 15) is 32.7 Å². The Morgan fingerprint density at radius 3 is 2.29 bits per heavy atom. The van der Waals surface area contributed by atoms with Gasteiger partial charge in [-0.1, -0.05) is 42.5 Å². The summed E-state index contributed by atoms with van der Waals surface area (Å²) in [6.07, 6.45) is -4.79. The Morgan fingerprint density at radius 1 is 1.00 bits per heavy atom. The lowest BCUT2D eigenvalue weighted by Crippen LogP contribution is -2.38. The average Bonchev–Trinajstić information content (AvgIpc) is 3.47. The fourth-order valence-corrected chi connectivity index (χ4v) is 4.64. The maximum Gasteiger partial charge on any atom is 0.413 e. The van der Waals surface area contributed by atoms with E-state index in [0.29, 0.717) is 5.56 Å². The van der Waals surface area contributed by atoms with Gasteiger partial charge in [0.15, 0.2) is 11.8 Å². The van der Waals surface area contributed by atoms with Crippen molar-refractivity contribution in [2.45, 2.75) is 18.8 Å². The van der Waals surface area contributed by atoms with E-state index in [1.165, 1.54) is 54.7 Å². The largest absolute Gasteiger partial charge is 0.505 e. The van der Waals surface area contributed by atoms with Crippen molar-refractivity contribution in [3.05, 3.63) is 93.4 Å². The zero-order valence-electron chi connectivity index (χ0n) is 20.2. The minimum Gasteiger partial charge on any atom is -0.505 e. The molecule has 2 heterocycles. The number of carbonyl (C=O) groups excluding carboxylic acids is 3. The zero-order chi connectivity index (χ0) is 27.6. The number of hydrogen-bond acceptors (Lipinski definition) is 7. The highest BCUT2D eigenvalue weighted by Gasteiger charge is 2.46. The highest BCUT2D eigenvalue weighted by Crippen LogP contribution is 2.38. The number of benzene rings is 2. The first kappa shape index (κ1) is 26.7. The number of hydrogen-bond donors (Lipinski definition) is 3. The summed E-state index contributed by atoms with van der Waals surface area (Å²) in [7, 11) is 2.96. The molecule has 1 aromatic heterocycles. The number of halogens is 3. The number of imide groups is 1. The second kappa shape index (κ2) is 10.6. The Balaban J connectivity index is 1.77. The lowest BCUT2D eigenvalue weighted by molar-refractivity contribution is -0.155. The van der Waals surface area contributed by atoms with Crippen molar-refractivity contribution in [2.24, 2.45) is 0 Å². The number of nitrogens with zero attached hydrogens (tertiary/aromatic N) is 2. The van der Waals surface area contributed by atoms with Crippen molar-refractivity contribution in [3.63, 3.8) is 0 Å². The van der Waals surface area contributed by atoms with Crippen molar-refractivity contribution in [3.8, 4) is 5.75 Å². The molecule has 12 heteroatoms. The molecule has 8 nitrogen and oxygen atoms in total. The van der Waals surface area contributed by atoms with Crippen molar-refractivity contribution in [1.82, 2.24) is 15.1 Å². The third kappa shape index (κ3) is 5.35. The van der Waals surface area contributed by atoms with Crippen LogP contribution < -0.4 is 10.6 Å². The van der Waals surface area contributed by atoms with E-state index in [4.69, 9.17) is 0 Å². The number of phenols is 1. The second-order valence-electron chi connectivity index (χ2n) is 8.59. The van der Waals surface area contributed by atoms with Crippen molar-refractivity contribution >= 4 is 34.7 Å². The smallest absolute Gasteiger partial charge is 0.413 e. The minimum absolute atomic E-state index is 0.0974. The van der Waals surface area contributed by atoms with E-state index in [1.54, 1.807) is 30.3 Å². The van der Waals surface area contributed by atoms with Crippen LogP contribution in [0.15, 0.2) is 77.4 Å². The lowest BCUT2D eigenvalue weighted by atomic mass is 10.1. The maximum absolute atomic E-state index is 14.0. The van der Waals surface area contributed by atoms with Gasteiger partial charge in [-0.05, 0) is 29.1 Å². The molecule has 1 aliphatic heterocycles. The minimum atomic E-state index is -4.79. The van der Waals surface area contributed by atoms with Gasteiger partial charge in [-0.15, -0.1) is 11.3 Å². The molecular weight excluding hydrogens is 521 g/mol. The molecule has 0 saturated carbocycles. The summed E-state index contributed by atoms with van der Waals surface area (Å²) >= 11 is 0.845. The highest BCUT2D eigenvalue weighted by molar-refractivity contribution is 7.10. The topological polar surface area (TPSA) is 102 Å². The first-order chi connectivity index (χ1) is 18.0. The number of para-hydroxylation sites is 1. The van der Waals surface area contributed by atoms with Gasteiger partial charge in [-0.3, -0.25) is 19.3 Å². The van der Waals surface area contributed by atoms with Gasteiger partial charge in [0.1, 0.15) is 11.4 Å². The molecule has 0 unspecified atom stereocenters. The molecule has 38 heavy (non-hydrogen) atoms. The molecule has 1 aliphatic rings. The van der Waals surface area contributed by atoms with Gasteiger partial charge < -0.3 is 20.6 Å². The van der Waals surface area contributed by atoms with Gasteiger partial charge in [-0.2, -0.15) is 13.2 Å². The van der Waals surface area contributed by atoms with E-state index < -0.39 is 47.1 Å². The van der Waals surface area contributed by atoms with Crippen LogP contribution in [0.2, 0.25) is 0 Å². The number of nitrogens with one attached hydrogen (secondary N) is 2. The summed E-state index contributed by atoms with van der Waals surface area (Å²) in [6, 6.07) is 13.1. The van der Waals surface area contributed by atoms with E-state index in [0.717, 1.165) is 16.2 Å². The fourth-order valence-electron chi connectivity index (χ4n) is 3.84. The molecule has 1 atom stereocenters. The van der Waals surface area contributed by atoms with Gasteiger partial charge in [0.2, 0.25) is 0 Å². The number of amides is 3. The molecule has 0 aliphatic carbocycles. The third-order valence-corrected chi connectivity index (χ3v) is 6.66. The van der Waals surface area contributed by atoms with Crippen LogP contribution >= 0.6 is 11.3 Å². The molecule has 0 radical (unpaired) electrons. The van der Waals surface area contributed by atoms with Crippen LogP contribution in [-0.2, 0) is 16.1 Å². The number of carbonyl (C=O) groups is 3. The average molecular weight is 545 g/mol. The standard InChI is InChI=1S/C26H23F3N4O4S/c1-32(2)23(35)16-10-6-11-17(21(16)34)30-19-20(31-22(26(27,28)29)18-12-7-13-38-18)25(37)33(24(19)36)14-15-8-4-3-5-9-15/h3-13,22,30-31,34H,14H2,1-2H3/t22-/m0/s1. The van der Waals surface area contributed by atoms with Crippen LogP contribution in [0.4, 0.5) is 18.9 Å². The summed E-state index contributed by atoms with van der Waals surface area (Å²) in [6.45, 7) is -0.185. The van der Waals surface area contributed by atoms with Crippen LogP contribution in [0.5, 0.6) is 5.75 Å². The lowest BCUT2D eigenvalue weighted by Gasteiger charge is -2.22. The SMILES string of the molecule is CN(C)C(=O)c1cccc(NC2=C(N[C@@H](c3cccs3)C(F)(F)F)C(=O)N(Cc3ccccc3)C2=O)c1O. The number of alkyl halides is 3. The number of thiophene rings is 1. The van der Waals surface area contributed by atoms with Gasteiger partial charge >= 0.3 is 6.18 Å². The number of phenolic OH excluding ortho intramolecular Hbond substituents is 1. The van der Waals surface area contributed by atoms with E-state index in [-0.39, 0.29) is 22.7 Å². The molecule has 0 spiro atoms. The van der Waals surface area contributed by atoms with Gasteiger partial charge in [-0.25, -0.2) is 0 Å². The second-order valence-corrected chi connectivity index (χ2v) is 9.57. The van der Waals surface area contributed by atoms with Gasteiger partial charge in [0.25, 0.3) is 17.7 Å². The molecule has 3 N–H and O–H groups in total. The molecule has 0 saturated heterocycles. The first-order valence-electron chi connectivity index (χ1n) is 11.3. The van der Waals surface area contributed by atoms with Crippen molar-refractivity contribution in [2.75, 3.05) is 19.4 Å². The van der Waals surface area contributed by atoms with Crippen LogP contribution in [0.25, 0.3) is 0 Å². The molecule has 4 rings (SSSR count). The highest BCUT2D eigenvalue weighted by atomic mass is 32.1. The Bertz CT molecular complexity index is 1390. The summed E-state index contributed by atoms with van der Waals surface area (Å²) in [5, 5.41) is 17.0. The predicted molar refractivity (Wildman–Crippen MR) is 135 cm³/mol. The fraction of sp³-hybridized carbons (Fsp3) is 0.192.